The van der Waals surface area contributed by atoms with E-state index in [-0.39, 0.29) is 16.8 Å². The fourth-order valence-electron chi connectivity index (χ4n) is 10.5. The Bertz CT molecular complexity index is 3130. The maximum absolute atomic E-state index is 5.74. The van der Waals surface area contributed by atoms with E-state index >= 15 is 0 Å². The smallest absolute Gasteiger partial charge is 0.0815 e. The number of hydrogen-bond donors (Lipinski definition) is 2. The molecule has 2 aliphatic rings. The summed E-state index contributed by atoms with van der Waals surface area (Å²) in [5.74, 6) is 0. The first-order valence-electron chi connectivity index (χ1n) is 21.1. The van der Waals surface area contributed by atoms with Crippen LogP contribution in [0.4, 0.5) is 0 Å². The number of rotatable bonds is 4. The van der Waals surface area contributed by atoms with Crippen LogP contribution < -0.4 is 0 Å². The number of hydrogen-bond acceptors (Lipinski definition) is 2. The SMILES string of the molecule is Cc1cc(C)c(C2=Cc3cc4ccc(cc5nc(cc6[nH]c(c(-c7c(C)cc(C)cc7C)c2n3)c(-c2c(C)cc(C)cc2C)c6-c2c(C)cc(C)cc2C)C=C5)[nH]4)c(C)c1.[Co]. The zero-order chi connectivity index (χ0) is 42.3. The van der Waals surface area contributed by atoms with E-state index in [2.05, 4.69) is 190 Å². The van der Waals surface area contributed by atoms with Gasteiger partial charge in [-0.25, -0.2) is 9.97 Å². The van der Waals surface area contributed by atoms with E-state index in [0.717, 1.165) is 56.0 Å². The van der Waals surface area contributed by atoms with Gasteiger partial charge in [0.2, 0.25) is 0 Å². The second-order valence-electron chi connectivity index (χ2n) is 17.7. The molecule has 8 bridgehead atoms. The molecule has 4 nitrogen and oxygen atoms in total. The Kier molecular flexibility index (Phi) is 10.8. The van der Waals surface area contributed by atoms with Gasteiger partial charge in [-0.05, 0) is 198 Å². The van der Waals surface area contributed by atoms with Gasteiger partial charge in [-0.3, -0.25) is 0 Å². The molecular weight excluding hydrogens is 788 g/mol. The number of H-pyrrole nitrogens is 2. The Hall–Kier alpha value is -6.01. The van der Waals surface area contributed by atoms with Crippen molar-refractivity contribution >= 4 is 45.9 Å². The molecule has 2 N–H and O–H groups in total. The number of nitrogens with one attached hydrogen (secondary N) is 2. The van der Waals surface area contributed by atoms with Crippen molar-refractivity contribution in [2.45, 2.75) is 83.1 Å². The van der Waals surface area contributed by atoms with Crippen molar-refractivity contribution in [2.75, 3.05) is 0 Å². The summed E-state index contributed by atoms with van der Waals surface area (Å²) in [6, 6.07) is 29.4. The minimum atomic E-state index is 0. The van der Waals surface area contributed by atoms with Crippen molar-refractivity contribution in [1.29, 1.82) is 0 Å². The van der Waals surface area contributed by atoms with Gasteiger partial charge >= 0.3 is 0 Å². The molecule has 9 rings (SSSR count). The Balaban J connectivity index is 0.00000514. The maximum atomic E-state index is 5.74. The molecule has 2 aliphatic heterocycles. The summed E-state index contributed by atoms with van der Waals surface area (Å²) < 4.78 is 0. The molecule has 7 aromatic rings. The van der Waals surface area contributed by atoms with Crippen LogP contribution in [0.15, 0.2) is 78.9 Å². The first kappa shape index (κ1) is 41.7. The fourth-order valence-corrected chi connectivity index (χ4v) is 10.5. The van der Waals surface area contributed by atoms with E-state index in [1.165, 1.54) is 100 Å². The second-order valence-corrected chi connectivity index (χ2v) is 17.7. The quantitative estimate of drug-likeness (QED) is 0.185. The summed E-state index contributed by atoms with van der Waals surface area (Å²) in [5, 5.41) is 0. The first-order valence-corrected chi connectivity index (χ1v) is 21.1. The van der Waals surface area contributed by atoms with Crippen molar-refractivity contribution < 1.29 is 16.8 Å². The molecule has 307 valence electrons. The van der Waals surface area contributed by atoms with E-state index in [4.69, 9.17) is 9.97 Å². The molecule has 0 saturated heterocycles. The summed E-state index contributed by atoms with van der Waals surface area (Å²) in [4.78, 5) is 18.7. The van der Waals surface area contributed by atoms with Crippen molar-refractivity contribution in [2.24, 2.45) is 0 Å². The summed E-state index contributed by atoms with van der Waals surface area (Å²) in [7, 11) is 0. The molecule has 0 spiro atoms. The Morgan fingerprint density at radius 2 is 0.754 bits per heavy atom. The summed E-state index contributed by atoms with van der Waals surface area (Å²) in [6.45, 7) is 26.9. The number of fused-ring (bicyclic) bond motifs is 8. The normalized spacial score (nSPS) is 12.2. The van der Waals surface area contributed by atoms with Crippen LogP contribution in [0.5, 0.6) is 0 Å². The molecule has 0 aliphatic carbocycles. The third-order valence-electron chi connectivity index (χ3n) is 12.3. The van der Waals surface area contributed by atoms with E-state index < -0.39 is 0 Å². The van der Waals surface area contributed by atoms with E-state index in [0.29, 0.717) is 0 Å². The number of benzene rings is 4. The molecule has 1 radical (unpaired) electrons. The summed E-state index contributed by atoms with van der Waals surface area (Å²) >= 11 is 0. The van der Waals surface area contributed by atoms with Crippen molar-refractivity contribution in [3.63, 3.8) is 0 Å². The van der Waals surface area contributed by atoms with Crippen LogP contribution in [0.2, 0.25) is 0 Å². The van der Waals surface area contributed by atoms with Gasteiger partial charge in [-0.15, -0.1) is 0 Å². The third kappa shape index (κ3) is 7.45. The van der Waals surface area contributed by atoms with Crippen LogP contribution in [0.3, 0.4) is 0 Å². The molecule has 4 aromatic carbocycles. The summed E-state index contributed by atoms with van der Waals surface area (Å²) in [6.07, 6.45) is 6.54. The Morgan fingerprint density at radius 3 is 1.23 bits per heavy atom. The van der Waals surface area contributed by atoms with Crippen LogP contribution >= 0.6 is 0 Å². The van der Waals surface area contributed by atoms with Crippen molar-refractivity contribution in [3.05, 3.63) is 174 Å². The van der Waals surface area contributed by atoms with E-state index in [9.17, 15) is 0 Å². The van der Waals surface area contributed by atoms with Gasteiger partial charge in [0.05, 0.1) is 28.3 Å². The average molecular weight is 842 g/mol. The number of nitrogens with zero attached hydrogens (tertiary/aromatic N) is 2. The monoisotopic (exact) mass is 841 g/mol. The molecule has 0 amide bonds. The Labute approximate surface area is 371 Å². The molecule has 3 aromatic heterocycles. The van der Waals surface area contributed by atoms with Gasteiger partial charge in [0, 0.05) is 55.6 Å². The standard InChI is InChI=1S/C56H54N4.Co/c1-29-17-33(5)48(34(6)18-29)46-27-45-26-43-14-13-41(57-43)25-42-15-16-44(58-42)28-47-52(49-35(7)19-30(2)20-36(49)8)53(50-37(9)21-31(3)22-38(50)10)56(60-47)54(55(46)59-45)51-39(11)23-32(4)24-40(51)12;/h13-28,57,60H,1-12H3;. The summed E-state index contributed by atoms with van der Waals surface area (Å²) in [5.41, 5.74) is 32.1. The fraction of sp³-hybridized carbons (Fsp3) is 0.214. The van der Waals surface area contributed by atoms with Crippen LogP contribution in [-0.2, 0) is 16.8 Å². The Morgan fingerprint density at radius 1 is 0.361 bits per heavy atom. The van der Waals surface area contributed by atoms with Gasteiger partial charge in [0.1, 0.15) is 0 Å². The van der Waals surface area contributed by atoms with Gasteiger partial charge in [-0.1, -0.05) is 70.8 Å². The van der Waals surface area contributed by atoms with Gasteiger partial charge in [-0.2, -0.15) is 0 Å². The van der Waals surface area contributed by atoms with E-state index in [1.54, 1.807) is 0 Å². The van der Waals surface area contributed by atoms with Gasteiger partial charge < -0.3 is 9.97 Å². The maximum Gasteiger partial charge on any atom is 0.0815 e. The molecule has 61 heavy (non-hydrogen) atoms. The van der Waals surface area contributed by atoms with Crippen molar-refractivity contribution in [1.82, 2.24) is 19.9 Å². The van der Waals surface area contributed by atoms with Crippen LogP contribution in [0, 0.1) is 83.1 Å². The van der Waals surface area contributed by atoms with Crippen LogP contribution in [0.25, 0.3) is 79.2 Å². The van der Waals surface area contributed by atoms with Crippen LogP contribution in [0.1, 0.15) is 95.1 Å². The molecular formula is C56H54CoN4. The topological polar surface area (TPSA) is 57.4 Å². The molecule has 0 fully saturated rings. The van der Waals surface area contributed by atoms with Crippen molar-refractivity contribution in [3.8, 4) is 33.4 Å². The number of aryl methyl sites for hydroxylation is 12. The molecule has 0 atom stereocenters. The minimum absolute atomic E-state index is 0. The predicted octanol–water partition coefficient (Wildman–Crippen LogP) is 14.8. The third-order valence-corrected chi connectivity index (χ3v) is 12.3. The number of aromatic nitrogens is 4. The van der Waals surface area contributed by atoms with Gasteiger partial charge in [0.25, 0.3) is 0 Å². The zero-order valence-corrected chi connectivity index (χ0v) is 38.5. The largest absolute Gasteiger partial charge is 0.355 e. The second kappa shape index (κ2) is 15.8. The molecule has 0 unspecified atom stereocenters. The van der Waals surface area contributed by atoms with Gasteiger partial charge in [0.15, 0.2) is 0 Å². The average Bonchev–Trinajstić information content (AvgIpc) is 3.94. The molecule has 0 saturated carbocycles. The zero-order valence-electron chi connectivity index (χ0n) is 37.5. The molecule has 5 heterocycles. The number of aromatic amines is 2. The van der Waals surface area contributed by atoms with Crippen LogP contribution in [-0.4, -0.2) is 19.9 Å². The first-order chi connectivity index (χ1) is 28.6. The predicted molar refractivity (Wildman–Crippen MR) is 256 cm³/mol. The molecule has 5 heteroatoms. The van der Waals surface area contributed by atoms with E-state index in [1.807, 2.05) is 0 Å². The minimum Gasteiger partial charge on any atom is -0.355 e.